The molecular formula is C33H40ClN3O6S. The van der Waals surface area contributed by atoms with E-state index < -0.39 is 28.5 Å². The number of carbonyl (C=O) groups is 2. The van der Waals surface area contributed by atoms with Gasteiger partial charge in [-0.2, -0.15) is 0 Å². The summed E-state index contributed by atoms with van der Waals surface area (Å²) in [6, 6.07) is 18.9. The first-order valence-electron chi connectivity index (χ1n) is 14.8. The van der Waals surface area contributed by atoms with E-state index in [1.54, 1.807) is 49.6 Å². The Balaban J connectivity index is 1.76. The molecule has 3 aromatic rings. The van der Waals surface area contributed by atoms with E-state index in [1.807, 2.05) is 19.1 Å². The Morgan fingerprint density at radius 1 is 0.955 bits per heavy atom. The van der Waals surface area contributed by atoms with Gasteiger partial charge in [0.15, 0.2) is 0 Å². The van der Waals surface area contributed by atoms with E-state index in [2.05, 4.69) is 5.32 Å². The fourth-order valence-electron chi connectivity index (χ4n) is 5.52. The van der Waals surface area contributed by atoms with Crippen molar-refractivity contribution in [3.63, 3.8) is 0 Å². The number of nitrogens with zero attached hydrogens (tertiary/aromatic N) is 2. The highest BCUT2D eigenvalue weighted by molar-refractivity contribution is 7.92. The van der Waals surface area contributed by atoms with Crippen LogP contribution in [-0.4, -0.2) is 58.0 Å². The number of carbonyl (C=O) groups excluding carboxylic acids is 2. The number of methoxy groups -OCH3 is 2. The van der Waals surface area contributed by atoms with Crippen LogP contribution in [0.2, 0.25) is 5.02 Å². The molecule has 4 rings (SSSR count). The van der Waals surface area contributed by atoms with Crippen molar-refractivity contribution in [1.82, 2.24) is 10.2 Å². The lowest BCUT2D eigenvalue weighted by Crippen LogP contribution is -2.54. The van der Waals surface area contributed by atoms with Gasteiger partial charge in [0.1, 0.15) is 24.1 Å². The summed E-state index contributed by atoms with van der Waals surface area (Å²) in [5.41, 5.74) is 0.845. The van der Waals surface area contributed by atoms with Crippen molar-refractivity contribution in [2.24, 2.45) is 0 Å². The van der Waals surface area contributed by atoms with Gasteiger partial charge in [0.05, 0.1) is 24.8 Å². The molecule has 0 heterocycles. The Bertz CT molecular complexity index is 1530. The lowest BCUT2D eigenvalue weighted by atomic mass is 9.95. The number of hydrogen-bond donors (Lipinski definition) is 1. The van der Waals surface area contributed by atoms with Gasteiger partial charge in [0, 0.05) is 17.6 Å². The number of anilines is 1. The highest BCUT2D eigenvalue weighted by atomic mass is 35.5. The lowest BCUT2D eigenvalue weighted by Gasteiger charge is -2.34. The Labute approximate surface area is 265 Å². The molecule has 1 aliphatic carbocycles. The van der Waals surface area contributed by atoms with Crippen LogP contribution in [0.4, 0.5) is 5.69 Å². The second-order valence-electron chi connectivity index (χ2n) is 10.8. The van der Waals surface area contributed by atoms with Gasteiger partial charge in [-0.05, 0) is 67.3 Å². The van der Waals surface area contributed by atoms with Crippen LogP contribution in [0.1, 0.15) is 51.0 Å². The molecule has 0 aliphatic heterocycles. The van der Waals surface area contributed by atoms with Crippen molar-refractivity contribution in [3.8, 4) is 11.5 Å². The molecule has 1 fully saturated rings. The topological polar surface area (TPSA) is 105 Å². The molecule has 1 saturated carbocycles. The summed E-state index contributed by atoms with van der Waals surface area (Å²) in [6.45, 7) is 1.32. The fraction of sp³-hybridized carbons (Fsp3) is 0.394. The molecule has 0 aromatic heterocycles. The second kappa shape index (κ2) is 15.3. The first-order valence-corrected chi connectivity index (χ1v) is 16.6. The molecule has 1 aliphatic rings. The molecule has 9 nitrogen and oxygen atoms in total. The summed E-state index contributed by atoms with van der Waals surface area (Å²) in [5.74, 6) is 0.0168. The molecule has 236 valence electrons. The average Bonchev–Trinajstić information content (AvgIpc) is 3.04. The van der Waals surface area contributed by atoms with Crippen LogP contribution >= 0.6 is 11.6 Å². The summed E-state index contributed by atoms with van der Waals surface area (Å²) in [4.78, 5) is 29.6. The Kier molecular flexibility index (Phi) is 11.5. The van der Waals surface area contributed by atoms with Gasteiger partial charge in [-0.3, -0.25) is 13.9 Å². The van der Waals surface area contributed by atoms with Gasteiger partial charge >= 0.3 is 0 Å². The molecule has 1 N–H and O–H groups in total. The van der Waals surface area contributed by atoms with E-state index in [9.17, 15) is 18.0 Å². The maximum Gasteiger partial charge on any atom is 0.264 e. The third-order valence-electron chi connectivity index (χ3n) is 7.84. The normalized spacial score (nSPS) is 14.4. The van der Waals surface area contributed by atoms with Gasteiger partial charge in [-0.15, -0.1) is 0 Å². The predicted octanol–water partition coefficient (Wildman–Crippen LogP) is 5.81. The summed E-state index contributed by atoms with van der Waals surface area (Å²) < 4.78 is 40.1. The molecule has 0 saturated heterocycles. The number of amides is 2. The van der Waals surface area contributed by atoms with Gasteiger partial charge in [0.25, 0.3) is 10.0 Å². The summed E-state index contributed by atoms with van der Waals surface area (Å²) in [6.07, 6.45) is 5.35. The zero-order valence-corrected chi connectivity index (χ0v) is 26.9. The standard InChI is InChI=1S/C33H40ClN3O6S/c1-4-29(33(39)35-26-13-7-5-8-14-26)36(22-24-12-11-15-27(20-24)42-2)32(38)23-37(30-21-25(34)18-19-31(30)43-3)44(40,41)28-16-9-6-10-17-28/h6,9-12,15-21,26,29H,4-5,7-8,13-14,22-23H2,1-3H3,(H,35,39)/t29-/m1/s1. The highest BCUT2D eigenvalue weighted by Crippen LogP contribution is 2.35. The number of sulfonamides is 1. The molecule has 11 heteroatoms. The minimum Gasteiger partial charge on any atom is -0.497 e. The van der Waals surface area contributed by atoms with E-state index in [4.69, 9.17) is 21.1 Å². The van der Waals surface area contributed by atoms with Crippen molar-refractivity contribution in [2.45, 2.75) is 69.0 Å². The van der Waals surface area contributed by atoms with E-state index in [0.717, 1.165) is 42.0 Å². The van der Waals surface area contributed by atoms with E-state index in [1.165, 1.54) is 30.2 Å². The molecule has 44 heavy (non-hydrogen) atoms. The largest absolute Gasteiger partial charge is 0.497 e. The molecule has 3 aromatic carbocycles. The minimum atomic E-state index is -4.26. The summed E-state index contributed by atoms with van der Waals surface area (Å²) in [5, 5.41) is 3.42. The molecule has 0 bridgehead atoms. The number of nitrogens with one attached hydrogen (secondary N) is 1. The number of hydrogen-bond acceptors (Lipinski definition) is 6. The zero-order valence-electron chi connectivity index (χ0n) is 25.4. The number of ether oxygens (including phenoxy) is 2. The highest BCUT2D eigenvalue weighted by Gasteiger charge is 2.35. The molecule has 2 amide bonds. The van der Waals surface area contributed by atoms with Crippen molar-refractivity contribution < 1.29 is 27.5 Å². The molecular weight excluding hydrogens is 602 g/mol. The minimum absolute atomic E-state index is 0.00347. The van der Waals surface area contributed by atoms with Crippen LogP contribution in [0.3, 0.4) is 0 Å². The van der Waals surface area contributed by atoms with Gasteiger partial charge in [0.2, 0.25) is 11.8 Å². The van der Waals surface area contributed by atoms with E-state index >= 15 is 0 Å². The maximum absolute atomic E-state index is 14.4. The summed E-state index contributed by atoms with van der Waals surface area (Å²) >= 11 is 6.32. The van der Waals surface area contributed by atoms with Crippen LogP contribution in [0.15, 0.2) is 77.7 Å². The smallest absolute Gasteiger partial charge is 0.264 e. The van der Waals surface area contributed by atoms with Gasteiger partial charge in [-0.25, -0.2) is 8.42 Å². The zero-order chi connectivity index (χ0) is 31.7. The number of rotatable bonds is 13. The first kappa shape index (κ1) is 33.1. The Morgan fingerprint density at radius 3 is 2.34 bits per heavy atom. The summed E-state index contributed by atoms with van der Waals surface area (Å²) in [7, 11) is -1.29. The van der Waals surface area contributed by atoms with Crippen molar-refractivity contribution in [3.05, 3.63) is 83.4 Å². The first-order chi connectivity index (χ1) is 21.2. The van der Waals surface area contributed by atoms with Crippen molar-refractivity contribution in [1.29, 1.82) is 0 Å². The Morgan fingerprint density at radius 2 is 1.68 bits per heavy atom. The average molecular weight is 642 g/mol. The monoisotopic (exact) mass is 641 g/mol. The van der Waals surface area contributed by atoms with Crippen molar-refractivity contribution >= 4 is 39.1 Å². The van der Waals surface area contributed by atoms with E-state index in [0.29, 0.717) is 12.2 Å². The molecule has 1 atom stereocenters. The lowest BCUT2D eigenvalue weighted by molar-refractivity contribution is -0.140. The Hall–Kier alpha value is -3.76. The maximum atomic E-state index is 14.4. The quantitative estimate of drug-likeness (QED) is 0.253. The number of benzene rings is 3. The van der Waals surface area contributed by atoms with Gasteiger partial charge in [-0.1, -0.05) is 68.1 Å². The number of halogens is 1. The van der Waals surface area contributed by atoms with Crippen LogP contribution in [0.25, 0.3) is 0 Å². The molecule has 0 radical (unpaired) electrons. The predicted molar refractivity (Wildman–Crippen MR) is 172 cm³/mol. The van der Waals surface area contributed by atoms with Crippen LogP contribution < -0.4 is 19.1 Å². The SMILES string of the molecule is CC[C@H](C(=O)NC1CCCCC1)N(Cc1cccc(OC)c1)C(=O)CN(c1cc(Cl)ccc1OC)S(=O)(=O)c1ccccc1. The second-order valence-corrected chi connectivity index (χ2v) is 13.1. The third kappa shape index (κ3) is 8.04. The van der Waals surface area contributed by atoms with Gasteiger partial charge < -0.3 is 19.7 Å². The fourth-order valence-corrected chi connectivity index (χ4v) is 7.13. The van der Waals surface area contributed by atoms with Crippen LogP contribution in [-0.2, 0) is 26.2 Å². The third-order valence-corrected chi connectivity index (χ3v) is 9.85. The molecule has 0 unspecified atom stereocenters. The van der Waals surface area contributed by atoms with Crippen LogP contribution in [0.5, 0.6) is 11.5 Å². The van der Waals surface area contributed by atoms with Crippen molar-refractivity contribution in [2.75, 3.05) is 25.1 Å². The van der Waals surface area contributed by atoms with E-state index in [-0.39, 0.29) is 39.8 Å². The molecule has 0 spiro atoms. The van der Waals surface area contributed by atoms with Crippen LogP contribution in [0, 0.1) is 0 Å².